The Hall–Kier alpha value is -2.20. The van der Waals surface area contributed by atoms with Crippen molar-refractivity contribution in [2.45, 2.75) is 37.6 Å². The van der Waals surface area contributed by atoms with Crippen LogP contribution in [0.15, 0.2) is 24.3 Å². The van der Waals surface area contributed by atoms with E-state index in [2.05, 4.69) is 5.32 Å². The lowest BCUT2D eigenvalue weighted by Gasteiger charge is -2.42. The Kier molecular flexibility index (Phi) is 5.73. The monoisotopic (exact) mass is 341 g/mol. The van der Waals surface area contributed by atoms with E-state index in [1.807, 2.05) is 0 Å². The summed E-state index contributed by atoms with van der Waals surface area (Å²) in [6.07, 6.45) is -5.09. The maximum Gasteiger partial charge on any atom is 0.335 e. The Morgan fingerprint density at radius 3 is 2.33 bits per heavy atom. The third-order valence-corrected chi connectivity index (χ3v) is 3.60. The molecule has 0 unspecified atom stereocenters. The maximum absolute atomic E-state index is 11.3. The van der Waals surface area contributed by atoms with E-state index in [9.17, 15) is 24.9 Å². The molecule has 1 amide bonds. The standard InChI is InChI=1S/C15H19NO8/c1-7(18)16-11-13(20)12(19)10(6-17)24-15(11)23-9-4-2-8(3-5-9)14(21)22/h2-5,10-13,15,17,19-20H,6H2,1H3,(H,16,18)(H,21,22)/t10-,11+,12+,13-,15-/m1/s1. The van der Waals surface area contributed by atoms with Crippen LogP contribution in [-0.2, 0) is 9.53 Å². The van der Waals surface area contributed by atoms with E-state index in [0.717, 1.165) is 0 Å². The molecule has 24 heavy (non-hydrogen) atoms. The van der Waals surface area contributed by atoms with Gasteiger partial charge in [0.1, 0.15) is 30.1 Å². The lowest BCUT2D eigenvalue weighted by atomic mass is 9.97. The van der Waals surface area contributed by atoms with Gasteiger partial charge in [0.2, 0.25) is 12.2 Å². The molecule has 1 aromatic carbocycles. The Labute approximate surface area is 137 Å². The van der Waals surface area contributed by atoms with Crippen LogP contribution in [-0.4, -0.2) is 69.6 Å². The molecule has 9 heteroatoms. The van der Waals surface area contributed by atoms with E-state index < -0.39 is 49.1 Å². The molecule has 5 atom stereocenters. The zero-order chi connectivity index (χ0) is 17.9. The predicted octanol–water partition coefficient (Wildman–Crippen LogP) is -1.29. The zero-order valence-corrected chi connectivity index (χ0v) is 12.8. The fraction of sp³-hybridized carbons (Fsp3) is 0.467. The molecule has 1 fully saturated rings. The highest BCUT2D eigenvalue weighted by atomic mass is 16.7. The minimum absolute atomic E-state index is 0.0639. The number of carbonyl (C=O) groups is 2. The summed E-state index contributed by atoms with van der Waals surface area (Å²) in [6, 6.07) is 4.36. The second-order valence-electron chi connectivity index (χ2n) is 5.38. The summed E-state index contributed by atoms with van der Waals surface area (Å²) in [5, 5.41) is 40.6. The van der Waals surface area contributed by atoms with E-state index in [-0.39, 0.29) is 11.3 Å². The van der Waals surface area contributed by atoms with Gasteiger partial charge in [-0.15, -0.1) is 0 Å². The first-order valence-electron chi connectivity index (χ1n) is 7.23. The second kappa shape index (κ2) is 7.58. The van der Waals surface area contributed by atoms with Crippen molar-refractivity contribution >= 4 is 11.9 Å². The molecular formula is C15H19NO8. The Bertz CT molecular complexity index is 590. The van der Waals surface area contributed by atoms with Crippen molar-refractivity contribution in [1.82, 2.24) is 5.32 Å². The molecule has 1 aromatic rings. The van der Waals surface area contributed by atoms with Crippen LogP contribution >= 0.6 is 0 Å². The Morgan fingerprint density at radius 1 is 1.21 bits per heavy atom. The van der Waals surface area contributed by atoms with Gasteiger partial charge in [-0.25, -0.2) is 4.79 Å². The Morgan fingerprint density at radius 2 is 1.83 bits per heavy atom. The lowest BCUT2D eigenvalue weighted by Crippen LogP contribution is -2.65. The van der Waals surface area contributed by atoms with Crippen LogP contribution in [0.5, 0.6) is 5.75 Å². The number of carboxylic acid groups (broad SMARTS) is 1. The summed E-state index contributed by atoms with van der Waals surface area (Å²) < 4.78 is 10.9. The third-order valence-electron chi connectivity index (χ3n) is 3.60. The number of nitrogens with one attached hydrogen (secondary N) is 1. The van der Waals surface area contributed by atoms with Crippen LogP contribution in [0.2, 0.25) is 0 Å². The number of aliphatic hydroxyl groups excluding tert-OH is 3. The summed E-state index contributed by atoms with van der Waals surface area (Å²) in [5.41, 5.74) is 0.0639. The molecule has 0 radical (unpaired) electrons. The number of hydrogen-bond acceptors (Lipinski definition) is 7. The molecule has 2 rings (SSSR count). The van der Waals surface area contributed by atoms with Gasteiger partial charge >= 0.3 is 5.97 Å². The molecule has 5 N–H and O–H groups in total. The number of carboxylic acids is 1. The van der Waals surface area contributed by atoms with Gasteiger partial charge < -0.3 is 35.2 Å². The maximum atomic E-state index is 11.3. The highest BCUT2D eigenvalue weighted by Gasteiger charge is 2.46. The molecule has 1 heterocycles. The molecule has 0 aliphatic carbocycles. The molecule has 1 saturated heterocycles. The van der Waals surface area contributed by atoms with Crippen LogP contribution < -0.4 is 10.1 Å². The number of carbonyl (C=O) groups excluding carboxylic acids is 1. The summed E-state index contributed by atoms with van der Waals surface area (Å²) >= 11 is 0. The van der Waals surface area contributed by atoms with Gasteiger partial charge in [-0.3, -0.25) is 4.79 Å². The molecule has 0 bridgehead atoms. The third kappa shape index (κ3) is 4.01. The SMILES string of the molecule is CC(=O)N[C@@H]1[C@H](Oc2ccc(C(=O)O)cc2)O[C@H](CO)[C@H](O)[C@@H]1O. The first-order valence-corrected chi connectivity index (χ1v) is 7.23. The van der Waals surface area contributed by atoms with Crippen molar-refractivity contribution < 1.29 is 39.5 Å². The summed E-state index contributed by atoms with van der Waals surface area (Å²) in [5.74, 6) is -1.32. The fourth-order valence-electron chi connectivity index (χ4n) is 2.38. The first kappa shape index (κ1) is 18.1. The number of aliphatic hydroxyl groups is 3. The largest absolute Gasteiger partial charge is 0.478 e. The van der Waals surface area contributed by atoms with Crippen molar-refractivity contribution in [2.24, 2.45) is 0 Å². The number of benzene rings is 1. The second-order valence-corrected chi connectivity index (χ2v) is 5.38. The topological polar surface area (TPSA) is 146 Å². The minimum atomic E-state index is -1.41. The summed E-state index contributed by atoms with van der Waals surface area (Å²) in [4.78, 5) is 22.1. The Balaban J connectivity index is 2.19. The van der Waals surface area contributed by atoms with E-state index in [1.165, 1.54) is 31.2 Å². The van der Waals surface area contributed by atoms with Gasteiger partial charge in [0, 0.05) is 6.92 Å². The normalized spacial score (nSPS) is 29.8. The van der Waals surface area contributed by atoms with Crippen LogP contribution in [0.25, 0.3) is 0 Å². The van der Waals surface area contributed by atoms with Crippen molar-refractivity contribution in [3.8, 4) is 5.75 Å². The molecule has 0 aromatic heterocycles. The average molecular weight is 341 g/mol. The van der Waals surface area contributed by atoms with Gasteiger partial charge in [0.15, 0.2) is 0 Å². The molecule has 1 aliphatic heterocycles. The number of ether oxygens (including phenoxy) is 2. The number of amides is 1. The highest BCUT2D eigenvalue weighted by Crippen LogP contribution is 2.24. The zero-order valence-electron chi connectivity index (χ0n) is 12.8. The van der Waals surface area contributed by atoms with Crippen molar-refractivity contribution in [1.29, 1.82) is 0 Å². The van der Waals surface area contributed by atoms with Gasteiger partial charge in [0.05, 0.1) is 12.2 Å². The molecular weight excluding hydrogens is 322 g/mol. The smallest absolute Gasteiger partial charge is 0.335 e. The van der Waals surface area contributed by atoms with Crippen LogP contribution in [0.1, 0.15) is 17.3 Å². The van der Waals surface area contributed by atoms with Crippen LogP contribution in [0.4, 0.5) is 0 Å². The van der Waals surface area contributed by atoms with Crippen molar-refractivity contribution in [3.05, 3.63) is 29.8 Å². The molecule has 9 nitrogen and oxygen atoms in total. The molecule has 0 spiro atoms. The average Bonchev–Trinajstić information content (AvgIpc) is 2.54. The van der Waals surface area contributed by atoms with Gasteiger partial charge in [-0.1, -0.05) is 0 Å². The van der Waals surface area contributed by atoms with Gasteiger partial charge in [-0.05, 0) is 24.3 Å². The quantitative estimate of drug-likeness (QED) is 0.445. The van der Waals surface area contributed by atoms with E-state index >= 15 is 0 Å². The van der Waals surface area contributed by atoms with Crippen molar-refractivity contribution in [2.75, 3.05) is 6.61 Å². The number of rotatable bonds is 5. The number of aromatic carboxylic acids is 1. The summed E-state index contributed by atoms with van der Waals surface area (Å²) in [7, 11) is 0. The first-order chi connectivity index (χ1) is 11.3. The minimum Gasteiger partial charge on any atom is -0.478 e. The lowest BCUT2D eigenvalue weighted by molar-refractivity contribution is -0.244. The van der Waals surface area contributed by atoms with Gasteiger partial charge in [0.25, 0.3) is 0 Å². The number of hydrogen-bond donors (Lipinski definition) is 5. The van der Waals surface area contributed by atoms with Crippen LogP contribution in [0, 0.1) is 0 Å². The summed E-state index contributed by atoms with van der Waals surface area (Å²) in [6.45, 7) is 0.679. The highest BCUT2D eigenvalue weighted by molar-refractivity contribution is 5.87. The van der Waals surface area contributed by atoms with E-state index in [4.69, 9.17) is 14.6 Å². The van der Waals surface area contributed by atoms with E-state index in [0.29, 0.717) is 0 Å². The van der Waals surface area contributed by atoms with E-state index in [1.54, 1.807) is 0 Å². The van der Waals surface area contributed by atoms with Gasteiger partial charge in [-0.2, -0.15) is 0 Å². The fourth-order valence-corrected chi connectivity index (χ4v) is 2.38. The molecule has 0 saturated carbocycles. The molecule has 1 aliphatic rings. The molecule has 132 valence electrons. The predicted molar refractivity (Wildman–Crippen MR) is 79.4 cm³/mol. The van der Waals surface area contributed by atoms with Crippen molar-refractivity contribution in [3.63, 3.8) is 0 Å². The van der Waals surface area contributed by atoms with Crippen LogP contribution in [0.3, 0.4) is 0 Å².